The van der Waals surface area contributed by atoms with Crippen LogP contribution in [0, 0.1) is 0 Å². The van der Waals surface area contributed by atoms with Gasteiger partial charge >= 0.3 is 0 Å². The smallest absolute Gasteiger partial charge is 0.231 e. The van der Waals surface area contributed by atoms with Crippen molar-refractivity contribution in [1.29, 1.82) is 0 Å². The number of hydrogen-bond donors (Lipinski definition) is 0. The number of hydrogen-bond acceptors (Lipinski definition) is 2. The lowest BCUT2D eigenvalue weighted by Crippen LogP contribution is -2.36. The van der Waals surface area contributed by atoms with Crippen LogP contribution in [0.2, 0.25) is 0 Å². The van der Waals surface area contributed by atoms with E-state index < -0.39 is 0 Å². The summed E-state index contributed by atoms with van der Waals surface area (Å²) in [5, 5.41) is 0. The van der Waals surface area contributed by atoms with Crippen molar-refractivity contribution in [3.63, 3.8) is 0 Å². The van der Waals surface area contributed by atoms with Crippen LogP contribution in [0.1, 0.15) is 17.5 Å². The molecule has 0 atom stereocenters. The molecule has 4 heteroatoms. The average Bonchev–Trinajstić information content (AvgIpc) is 2.95. The molecule has 3 aromatic rings. The fraction of sp³-hybridized carbons (Fsp3) is 0.263. The van der Waals surface area contributed by atoms with Gasteiger partial charge in [0.2, 0.25) is 5.91 Å². The fourth-order valence-corrected chi connectivity index (χ4v) is 3.35. The Balaban J connectivity index is 1.60. The van der Waals surface area contributed by atoms with E-state index in [4.69, 9.17) is 0 Å². The van der Waals surface area contributed by atoms with Crippen molar-refractivity contribution >= 4 is 22.6 Å². The molecular weight excluding hydrogens is 286 g/mol. The lowest BCUT2D eigenvalue weighted by molar-refractivity contribution is -0.118. The molecule has 1 aromatic heterocycles. The van der Waals surface area contributed by atoms with Crippen molar-refractivity contribution in [2.45, 2.75) is 19.3 Å². The quantitative estimate of drug-likeness (QED) is 0.729. The summed E-state index contributed by atoms with van der Waals surface area (Å²) in [6, 6.07) is 14.3. The molecule has 1 aliphatic rings. The number of aromatic nitrogens is 2. The highest BCUT2D eigenvalue weighted by Crippen LogP contribution is 2.27. The van der Waals surface area contributed by atoms with Gasteiger partial charge in [-0.3, -0.25) is 4.79 Å². The number of nitrogens with zero attached hydrogens (tertiary/aromatic N) is 3. The first-order valence-electron chi connectivity index (χ1n) is 8.00. The molecule has 0 bridgehead atoms. The van der Waals surface area contributed by atoms with Gasteiger partial charge in [0.05, 0.1) is 23.8 Å². The van der Waals surface area contributed by atoms with Gasteiger partial charge in [-0.1, -0.05) is 24.3 Å². The molecule has 0 saturated carbocycles. The fourth-order valence-electron chi connectivity index (χ4n) is 3.35. The summed E-state index contributed by atoms with van der Waals surface area (Å²) in [6.07, 6.45) is 4.31. The largest absolute Gasteiger partial charge is 0.334 e. The average molecular weight is 305 g/mol. The number of carbonyl (C=O) groups excluding carboxylic acids is 1. The van der Waals surface area contributed by atoms with Crippen LogP contribution in [0.4, 0.5) is 5.69 Å². The lowest BCUT2D eigenvalue weighted by Gasteiger charge is -2.29. The Bertz CT molecular complexity index is 881. The van der Waals surface area contributed by atoms with E-state index in [0.29, 0.717) is 6.42 Å². The van der Waals surface area contributed by atoms with Gasteiger partial charge in [-0.2, -0.15) is 0 Å². The van der Waals surface area contributed by atoms with Crippen molar-refractivity contribution in [3.05, 3.63) is 59.9 Å². The van der Waals surface area contributed by atoms with Crippen molar-refractivity contribution in [3.8, 4) is 0 Å². The van der Waals surface area contributed by atoms with Gasteiger partial charge in [-0.15, -0.1) is 0 Å². The predicted octanol–water partition coefficient (Wildman–Crippen LogP) is 3.10. The Morgan fingerprint density at radius 2 is 2.09 bits per heavy atom. The molecule has 0 unspecified atom stereocenters. The number of para-hydroxylation sites is 1. The van der Waals surface area contributed by atoms with Crippen molar-refractivity contribution in [2.75, 3.05) is 11.4 Å². The molecule has 4 rings (SSSR count). The highest BCUT2D eigenvalue weighted by molar-refractivity contribution is 5.96. The van der Waals surface area contributed by atoms with Gasteiger partial charge in [-0.05, 0) is 42.2 Å². The van der Waals surface area contributed by atoms with Gasteiger partial charge < -0.3 is 9.47 Å². The van der Waals surface area contributed by atoms with Crippen LogP contribution in [-0.2, 0) is 24.7 Å². The summed E-state index contributed by atoms with van der Waals surface area (Å²) < 4.78 is 1.99. The van der Waals surface area contributed by atoms with Crippen LogP contribution in [-0.4, -0.2) is 22.0 Å². The number of imidazole rings is 1. The highest BCUT2D eigenvalue weighted by atomic mass is 16.2. The molecule has 116 valence electrons. The van der Waals surface area contributed by atoms with Gasteiger partial charge in [0, 0.05) is 19.3 Å². The Labute approximate surface area is 135 Å². The lowest BCUT2D eigenvalue weighted by atomic mass is 10.0. The van der Waals surface area contributed by atoms with Gasteiger partial charge in [-0.25, -0.2) is 4.98 Å². The first kappa shape index (κ1) is 14.0. The molecule has 1 aliphatic heterocycles. The monoisotopic (exact) mass is 305 g/mol. The van der Waals surface area contributed by atoms with Crippen LogP contribution >= 0.6 is 0 Å². The first-order valence-corrected chi connectivity index (χ1v) is 8.00. The van der Waals surface area contributed by atoms with E-state index >= 15 is 0 Å². The van der Waals surface area contributed by atoms with Crippen molar-refractivity contribution in [1.82, 2.24) is 9.55 Å². The predicted molar refractivity (Wildman–Crippen MR) is 91.5 cm³/mol. The Kier molecular flexibility index (Phi) is 3.37. The molecule has 23 heavy (non-hydrogen) atoms. The van der Waals surface area contributed by atoms with Gasteiger partial charge in [0.25, 0.3) is 0 Å². The molecule has 0 saturated heterocycles. The van der Waals surface area contributed by atoms with Gasteiger partial charge in [0.1, 0.15) is 0 Å². The van der Waals surface area contributed by atoms with Crippen LogP contribution in [0.15, 0.2) is 48.8 Å². The minimum absolute atomic E-state index is 0.160. The van der Waals surface area contributed by atoms with E-state index in [1.807, 2.05) is 52.9 Å². The zero-order valence-electron chi connectivity index (χ0n) is 13.2. The molecule has 2 heterocycles. The third-order valence-electron chi connectivity index (χ3n) is 4.56. The standard InChI is InChI=1S/C19H19N3O/c1-21-13-20-16-11-14(8-9-18(16)21)12-19(23)22-10-4-6-15-5-2-3-7-17(15)22/h2-3,5,7-9,11,13H,4,6,10,12H2,1H3. The second-order valence-electron chi connectivity index (χ2n) is 6.13. The SMILES string of the molecule is Cn1cnc2cc(CC(=O)N3CCCc4ccccc43)ccc21. The number of benzene rings is 2. The van der Waals surface area contributed by atoms with E-state index in [0.717, 1.165) is 41.7 Å². The number of rotatable bonds is 2. The third-order valence-corrected chi connectivity index (χ3v) is 4.56. The van der Waals surface area contributed by atoms with Crippen LogP contribution in [0.25, 0.3) is 11.0 Å². The van der Waals surface area contributed by atoms with Crippen molar-refractivity contribution in [2.24, 2.45) is 7.05 Å². The van der Waals surface area contributed by atoms with E-state index in [1.54, 1.807) is 6.33 Å². The maximum atomic E-state index is 12.8. The second kappa shape index (κ2) is 5.54. The molecule has 4 nitrogen and oxygen atoms in total. The molecule has 0 N–H and O–H groups in total. The summed E-state index contributed by atoms with van der Waals surface area (Å²) in [5.41, 5.74) is 5.39. The molecule has 0 fully saturated rings. The molecule has 2 aromatic carbocycles. The first-order chi connectivity index (χ1) is 11.2. The van der Waals surface area contributed by atoms with Gasteiger partial charge in [0.15, 0.2) is 0 Å². The minimum Gasteiger partial charge on any atom is -0.334 e. The number of anilines is 1. The van der Waals surface area contributed by atoms with Crippen LogP contribution in [0.5, 0.6) is 0 Å². The Hall–Kier alpha value is -2.62. The summed E-state index contributed by atoms with van der Waals surface area (Å²) >= 11 is 0. The summed E-state index contributed by atoms with van der Waals surface area (Å²) in [7, 11) is 1.98. The van der Waals surface area contributed by atoms with E-state index in [2.05, 4.69) is 11.1 Å². The number of amides is 1. The zero-order chi connectivity index (χ0) is 15.8. The summed E-state index contributed by atoms with van der Waals surface area (Å²) in [5.74, 6) is 0.160. The molecule has 0 spiro atoms. The normalized spacial score (nSPS) is 14.0. The minimum atomic E-state index is 0.160. The van der Waals surface area contributed by atoms with Crippen molar-refractivity contribution < 1.29 is 4.79 Å². The topological polar surface area (TPSA) is 38.1 Å². The number of carbonyl (C=O) groups is 1. The maximum absolute atomic E-state index is 12.8. The molecule has 0 aliphatic carbocycles. The van der Waals surface area contributed by atoms with E-state index in [1.165, 1.54) is 5.56 Å². The molecular formula is C19H19N3O. The number of fused-ring (bicyclic) bond motifs is 2. The Morgan fingerprint density at radius 3 is 3.00 bits per heavy atom. The third kappa shape index (κ3) is 2.50. The Morgan fingerprint density at radius 1 is 1.22 bits per heavy atom. The summed E-state index contributed by atoms with van der Waals surface area (Å²) in [4.78, 5) is 19.1. The molecule has 0 radical (unpaired) electrons. The van der Waals surface area contributed by atoms with E-state index in [9.17, 15) is 4.79 Å². The van der Waals surface area contributed by atoms with Crippen LogP contribution < -0.4 is 4.90 Å². The number of aryl methyl sites for hydroxylation is 2. The molecule has 1 amide bonds. The second-order valence-corrected chi connectivity index (χ2v) is 6.13. The summed E-state index contributed by atoms with van der Waals surface area (Å²) in [6.45, 7) is 0.807. The maximum Gasteiger partial charge on any atom is 0.231 e. The highest BCUT2D eigenvalue weighted by Gasteiger charge is 2.22. The van der Waals surface area contributed by atoms with Crippen LogP contribution in [0.3, 0.4) is 0 Å². The van der Waals surface area contributed by atoms with E-state index in [-0.39, 0.29) is 5.91 Å². The zero-order valence-corrected chi connectivity index (χ0v) is 13.2.